The fourth-order valence-electron chi connectivity index (χ4n) is 2.82. The molecule has 0 bridgehead atoms. The summed E-state index contributed by atoms with van der Waals surface area (Å²) in [6.07, 6.45) is 1.77. The number of carbonyl (C=O) groups excluding carboxylic acids is 2. The predicted octanol–water partition coefficient (Wildman–Crippen LogP) is 1.91. The molecule has 1 aromatic heterocycles. The molecule has 0 spiro atoms. The Bertz CT molecular complexity index is 870. The fraction of sp³-hybridized carbons (Fsp3) is 0.421. The van der Waals surface area contributed by atoms with Crippen LogP contribution in [0.25, 0.3) is 11.3 Å². The first-order valence-corrected chi connectivity index (χ1v) is 10.3. The van der Waals surface area contributed by atoms with Gasteiger partial charge >= 0.3 is 6.03 Å². The van der Waals surface area contributed by atoms with E-state index in [-0.39, 0.29) is 5.75 Å². The van der Waals surface area contributed by atoms with Crippen LogP contribution < -0.4 is 20.1 Å². The number of nitrogens with zero attached hydrogens (tertiary/aromatic N) is 2. The number of carbonyl (C=O) groups is 2. The second-order valence-electron chi connectivity index (χ2n) is 6.11. The highest BCUT2D eigenvalue weighted by molar-refractivity contribution is 7.99. The molecular formula is C19H24N4O5S. The van der Waals surface area contributed by atoms with E-state index >= 15 is 0 Å². The maximum Gasteiger partial charge on any atom is 0.321 e. The molecule has 10 heteroatoms. The molecule has 1 aliphatic rings. The zero-order valence-electron chi connectivity index (χ0n) is 16.4. The number of fused-ring (bicyclic) bond motifs is 1. The molecule has 9 nitrogen and oxygen atoms in total. The molecule has 29 heavy (non-hydrogen) atoms. The lowest BCUT2D eigenvalue weighted by molar-refractivity contribution is -0.117. The Morgan fingerprint density at radius 2 is 2.07 bits per heavy atom. The summed E-state index contributed by atoms with van der Waals surface area (Å²) < 4.78 is 18.1. The quantitative estimate of drug-likeness (QED) is 0.497. The molecular weight excluding hydrogens is 396 g/mol. The summed E-state index contributed by atoms with van der Waals surface area (Å²) in [7, 11) is 1.54. The summed E-state index contributed by atoms with van der Waals surface area (Å²) in [5.74, 6) is 1.13. The van der Waals surface area contributed by atoms with Crippen molar-refractivity contribution in [2.45, 2.75) is 18.6 Å². The minimum absolute atomic E-state index is 0.0787. The third-order valence-electron chi connectivity index (χ3n) is 4.15. The molecule has 1 aliphatic heterocycles. The van der Waals surface area contributed by atoms with E-state index in [0.717, 1.165) is 17.0 Å². The number of amides is 3. The van der Waals surface area contributed by atoms with Gasteiger partial charge in [0.15, 0.2) is 16.7 Å². The topological polar surface area (TPSA) is 104 Å². The van der Waals surface area contributed by atoms with Crippen LogP contribution in [-0.2, 0) is 16.1 Å². The zero-order chi connectivity index (χ0) is 20.6. The van der Waals surface area contributed by atoms with E-state index < -0.39 is 11.9 Å². The van der Waals surface area contributed by atoms with Gasteiger partial charge in [-0.05, 0) is 25.1 Å². The summed E-state index contributed by atoms with van der Waals surface area (Å²) in [5, 5.41) is 5.53. The Labute approximate surface area is 173 Å². The number of nitrogens with one attached hydrogen (secondary N) is 2. The Morgan fingerprint density at radius 3 is 2.83 bits per heavy atom. The maximum atomic E-state index is 12.0. The van der Waals surface area contributed by atoms with Gasteiger partial charge in [-0.1, -0.05) is 11.8 Å². The highest BCUT2D eigenvalue weighted by atomic mass is 32.2. The predicted molar refractivity (Wildman–Crippen MR) is 108 cm³/mol. The smallest absolute Gasteiger partial charge is 0.321 e. The minimum Gasteiger partial charge on any atom is -0.486 e. The van der Waals surface area contributed by atoms with Crippen molar-refractivity contribution in [3.05, 3.63) is 24.4 Å². The van der Waals surface area contributed by atoms with Crippen molar-refractivity contribution in [1.29, 1.82) is 0 Å². The lowest BCUT2D eigenvalue weighted by atomic mass is 10.1. The molecule has 1 aromatic carbocycles. The number of imide groups is 1. The molecule has 0 fully saturated rings. The van der Waals surface area contributed by atoms with E-state index in [1.807, 2.05) is 29.7 Å². The van der Waals surface area contributed by atoms with Crippen LogP contribution in [0.4, 0.5) is 4.79 Å². The van der Waals surface area contributed by atoms with Crippen LogP contribution in [0, 0.1) is 0 Å². The van der Waals surface area contributed by atoms with Gasteiger partial charge in [0.05, 0.1) is 24.3 Å². The first-order valence-electron chi connectivity index (χ1n) is 9.27. The first kappa shape index (κ1) is 21.0. The molecule has 3 rings (SSSR count). The lowest BCUT2D eigenvalue weighted by Crippen LogP contribution is -2.41. The van der Waals surface area contributed by atoms with Crippen molar-refractivity contribution >= 4 is 23.7 Å². The van der Waals surface area contributed by atoms with Crippen LogP contribution in [0.15, 0.2) is 29.6 Å². The standard InChI is InChI=1S/C19H24N4O5S/c1-3-23-14(13-4-5-15-16(10-13)28-9-8-27-15)11-21-19(23)29-12-17(24)22-18(25)20-6-7-26-2/h4-5,10-11H,3,6-9,12H2,1-2H3,(H2,20,22,24,25). The van der Waals surface area contributed by atoms with Gasteiger partial charge in [-0.3, -0.25) is 10.1 Å². The van der Waals surface area contributed by atoms with E-state index in [2.05, 4.69) is 15.6 Å². The van der Waals surface area contributed by atoms with Gasteiger partial charge in [0.1, 0.15) is 13.2 Å². The SMILES string of the molecule is CCn1c(-c2ccc3c(c2)OCCO3)cnc1SCC(=O)NC(=O)NCCOC. The molecule has 156 valence electrons. The van der Waals surface area contributed by atoms with E-state index in [4.69, 9.17) is 14.2 Å². The number of urea groups is 1. The Morgan fingerprint density at radius 1 is 1.28 bits per heavy atom. The maximum absolute atomic E-state index is 12.0. The lowest BCUT2D eigenvalue weighted by Gasteiger charge is -2.19. The molecule has 0 aliphatic carbocycles. The van der Waals surface area contributed by atoms with E-state index in [1.54, 1.807) is 6.20 Å². The number of hydrogen-bond donors (Lipinski definition) is 2. The van der Waals surface area contributed by atoms with E-state index in [1.165, 1.54) is 18.9 Å². The number of thioether (sulfide) groups is 1. The third-order valence-corrected chi connectivity index (χ3v) is 5.14. The highest BCUT2D eigenvalue weighted by Gasteiger charge is 2.17. The van der Waals surface area contributed by atoms with Crippen molar-refractivity contribution in [3.63, 3.8) is 0 Å². The van der Waals surface area contributed by atoms with Gasteiger partial charge in [0, 0.05) is 25.8 Å². The third kappa shape index (κ3) is 5.42. The molecule has 2 aromatic rings. The molecule has 0 radical (unpaired) electrons. The minimum atomic E-state index is -0.538. The van der Waals surface area contributed by atoms with Crippen molar-refractivity contribution in [2.75, 3.05) is 39.2 Å². The monoisotopic (exact) mass is 420 g/mol. The number of rotatable bonds is 8. The molecule has 0 atom stereocenters. The Kier molecular flexibility index (Phi) is 7.36. The highest BCUT2D eigenvalue weighted by Crippen LogP contribution is 2.35. The van der Waals surface area contributed by atoms with Crippen LogP contribution in [0.5, 0.6) is 11.5 Å². The average molecular weight is 420 g/mol. The second kappa shape index (κ2) is 10.2. The van der Waals surface area contributed by atoms with Gasteiger partial charge in [0.25, 0.3) is 0 Å². The fourth-order valence-corrected chi connectivity index (χ4v) is 3.66. The van der Waals surface area contributed by atoms with Crippen LogP contribution in [0.2, 0.25) is 0 Å². The molecule has 0 saturated carbocycles. The van der Waals surface area contributed by atoms with Gasteiger partial charge in [-0.25, -0.2) is 9.78 Å². The van der Waals surface area contributed by atoms with Crippen LogP contribution in [0.3, 0.4) is 0 Å². The Balaban J connectivity index is 1.62. The normalized spacial score (nSPS) is 12.5. The summed E-state index contributed by atoms with van der Waals surface area (Å²) in [6, 6.07) is 5.24. The molecule has 0 saturated heterocycles. The summed E-state index contributed by atoms with van der Waals surface area (Å²) >= 11 is 1.27. The number of aromatic nitrogens is 2. The van der Waals surface area contributed by atoms with Gasteiger partial charge < -0.3 is 24.1 Å². The van der Waals surface area contributed by atoms with E-state index in [0.29, 0.717) is 43.8 Å². The number of imidazole rings is 1. The summed E-state index contributed by atoms with van der Waals surface area (Å²) in [4.78, 5) is 28.1. The zero-order valence-corrected chi connectivity index (χ0v) is 17.2. The van der Waals surface area contributed by atoms with Crippen LogP contribution in [-0.4, -0.2) is 60.7 Å². The van der Waals surface area contributed by atoms with Crippen LogP contribution >= 0.6 is 11.8 Å². The van der Waals surface area contributed by atoms with Crippen LogP contribution in [0.1, 0.15) is 6.92 Å². The van der Waals surface area contributed by atoms with Crippen molar-refractivity contribution in [3.8, 4) is 22.8 Å². The van der Waals surface area contributed by atoms with Crippen molar-refractivity contribution in [2.24, 2.45) is 0 Å². The average Bonchev–Trinajstić information content (AvgIpc) is 3.15. The second-order valence-corrected chi connectivity index (χ2v) is 7.06. The van der Waals surface area contributed by atoms with Crippen molar-refractivity contribution in [1.82, 2.24) is 20.2 Å². The Hall–Kier alpha value is -2.72. The molecule has 3 amide bonds. The number of hydrogen-bond acceptors (Lipinski definition) is 7. The summed E-state index contributed by atoms with van der Waals surface area (Å²) in [5.41, 5.74) is 1.88. The van der Waals surface area contributed by atoms with Crippen molar-refractivity contribution < 1.29 is 23.8 Å². The number of benzene rings is 1. The first-order chi connectivity index (χ1) is 14.1. The molecule has 2 N–H and O–H groups in total. The van der Waals surface area contributed by atoms with E-state index in [9.17, 15) is 9.59 Å². The molecule has 0 unspecified atom stereocenters. The van der Waals surface area contributed by atoms with Gasteiger partial charge in [-0.2, -0.15) is 0 Å². The largest absolute Gasteiger partial charge is 0.486 e. The van der Waals surface area contributed by atoms with Gasteiger partial charge in [-0.15, -0.1) is 0 Å². The number of ether oxygens (including phenoxy) is 3. The van der Waals surface area contributed by atoms with Gasteiger partial charge in [0.2, 0.25) is 5.91 Å². The summed E-state index contributed by atoms with van der Waals surface area (Å²) in [6.45, 7) is 4.49. The molecule has 2 heterocycles. The number of methoxy groups -OCH3 is 1.